The van der Waals surface area contributed by atoms with Crippen molar-refractivity contribution in [3.63, 3.8) is 0 Å². The summed E-state index contributed by atoms with van der Waals surface area (Å²) in [6.07, 6.45) is 12.8. The Bertz CT molecular complexity index is 182. The maximum absolute atomic E-state index is 2.48. The molecule has 0 aromatic carbocycles. The molecule has 0 aliphatic rings. The Balaban J connectivity index is 3.90. The van der Waals surface area contributed by atoms with E-state index < -0.39 is 0 Å². The lowest BCUT2D eigenvalue weighted by Crippen LogP contribution is -2.11. The van der Waals surface area contributed by atoms with Gasteiger partial charge in [-0.2, -0.15) is 0 Å². The van der Waals surface area contributed by atoms with Crippen LogP contribution < -0.4 is 0 Å². The third-order valence-electron chi connectivity index (χ3n) is 4.86. The zero-order valence-electron chi connectivity index (χ0n) is 14.7. The normalized spacial score (nSPS) is 16.6. The van der Waals surface area contributed by atoms with Gasteiger partial charge in [0, 0.05) is 0 Å². The zero-order valence-corrected chi connectivity index (χ0v) is 14.7. The SMILES string of the molecule is CCCCC(CCC)CCC(C)C(C)CCC(C)C. The van der Waals surface area contributed by atoms with Crippen molar-refractivity contribution >= 4 is 0 Å². The summed E-state index contributed by atoms with van der Waals surface area (Å²) >= 11 is 0. The maximum Gasteiger partial charge on any atom is -0.0414 e. The highest BCUT2D eigenvalue weighted by Gasteiger charge is 2.15. The van der Waals surface area contributed by atoms with Gasteiger partial charge in [0.15, 0.2) is 0 Å². The average Bonchev–Trinajstić information content (AvgIpc) is 2.38. The second kappa shape index (κ2) is 11.8. The van der Waals surface area contributed by atoms with Gasteiger partial charge in [0.1, 0.15) is 0 Å². The monoisotopic (exact) mass is 268 g/mol. The molecule has 0 N–H and O–H groups in total. The van der Waals surface area contributed by atoms with Gasteiger partial charge in [-0.25, -0.2) is 0 Å². The van der Waals surface area contributed by atoms with Crippen molar-refractivity contribution in [3.8, 4) is 0 Å². The fourth-order valence-electron chi connectivity index (χ4n) is 3.00. The first-order chi connectivity index (χ1) is 9.01. The van der Waals surface area contributed by atoms with Crippen LogP contribution in [0.4, 0.5) is 0 Å². The molecule has 0 aliphatic carbocycles. The largest absolute Gasteiger partial charge is 0.0654 e. The highest BCUT2D eigenvalue weighted by molar-refractivity contribution is 4.67. The molecule has 0 rings (SSSR count). The van der Waals surface area contributed by atoms with Crippen LogP contribution in [0.3, 0.4) is 0 Å². The van der Waals surface area contributed by atoms with Gasteiger partial charge < -0.3 is 0 Å². The van der Waals surface area contributed by atoms with Gasteiger partial charge in [-0.3, -0.25) is 0 Å². The lowest BCUT2D eigenvalue weighted by atomic mass is 9.83. The highest BCUT2D eigenvalue weighted by Crippen LogP contribution is 2.28. The summed E-state index contributed by atoms with van der Waals surface area (Å²) in [5, 5.41) is 0. The average molecular weight is 269 g/mol. The molecule has 0 heteroatoms. The smallest absolute Gasteiger partial charge is 0.0414 e. The molecule has 0 aromatic rings. The van der Waals surface area contributed by atoms with Gasteiger partial charge >= 0.3 is 0 Å². The van der Waals surface area contributed by atoms with Gasteiger partial charge in [0.25, 0.3) is 0 Å². The summed E-state index contributed by atoms with van der Waals surface area (Å²) in [6.45, 7) is 14.3. The number of unbranched alkanes of at least 4 members (excludes halogenated alkanes) is 1. The minimum absolute atomic E-state index is 0.868. The van der Waals surface area contributed by atoms with Crippen molar-refractivity contribution in [2.45, 2.75) is 99.3 Å². The minimum atomic E-state index is 0.868. The summed E-state index contributed by atoms with van der Waals surface area (Å²) in [5.41, 5.74) is 0. The number of hydrogen-bond donors (Lipinski definition) is 0. The van der Waals surface area contributed by atoms with Crippen LogP contribution in [0.15, 0.2) is 0 Å². The van der Waals surface area contributed by atoms with E-state index in [4.69, 9.17) is 0 Å². The molecule has 0 heterocycles. The third-order valence-corrected chi connectivity index (χ3v) is 4.86. The van der Waals surface area contributed by atoms with Crippen LogP contribution in [0.25, 0.3) is 0 Å². The highest BCUT2D eigenvalue weighted by atomic mass is 14.2. The fraction of sp³-hybridized carbons (Fsp3) is 1.00. The molecule has 0 aliphatic heterocycles. The molecule has 0 saturated heterocycles. The molecule has 0 spiro atoms. The summed E-state index contributed by atoms with van der Waals surface area (Å²) < 4.78 is 0. The Morgan fingerprint density at radius 3 is 1.63 bits per heavy atom. The molecule has 0 fully saturated rings. The predicted molar refractivity (Wildman–Crippen MR) is 89.6 cm³/mol. The van der Waals surface area contributed by atoms with E-state index in [0.29, 0.717) is 0 Å². The lowest BCUT2D eigenvalue weighted by Gasteiger charge is -2.23. The van der Waals surface area contributed by atoms with Gasteiger partial charge in [-0.05, 0) is 23.7 Å². The van der Waals surface area contributed by atoms with Crippen molar-refractivity contribution < 1.29 is 0 Å². The van der Waals surface area contributed by atoms with E-state index in [-0.39, 0.29) is 0 Å². The molecule has 3 unspecified atom stereocenters. The van der Waals surface area contributed by atoms with Crippen LogP contribution >= 0.6 is 0 Å². The van der Waals surface area contributed by atoms with Crippen LogP contribution in [0.2, 0.25) is 0 Å². The van der Waals surface area contributed by atoms with E-state index in [9.17, 15) is 0 Å². The first-order valence-electron chi connectivity index (χ1n) is 9.01. The van der Waals surface area contributed by atoms with Crippen LogP contribution in [-0.2, 0) is 0 Å². The van der Waals surface area contributed by atoms with Crippen molar-refractivity contribution in [2.24, 2.45) is 23.7 Å². The Hall–Kier alpha value is 0. The lowest BCUT2D eigenvalue weighted by molar-refractivity contribution is 0.283. The molecular weight excluding hydrogens is 228 g/mol. The van der Waals surface area contributed by atoms with Crippen LogP contribution in [0.1, 0.15) is 99.3 Å². The van der Waals surface area contributed by atoms with Crippen LogP contribution in [0, 0.1) is 23.7 Å². The summed E-state index contributed by atoms with van der Waals surface area (Å²) in [6, 6.07) is 0. The number of hydrogen-bond acceptors (Lipinski definition) is 0. The van der Waals surface area contributed by atoms with E-state index >= 15 is 0 Å². The van der Waals surface area contributed by atoms with E-state index in [1.54, 1.807) is 0 Å². The Morgan fingerprint density at radius 2 is 1.16 bits per heavy atom. The van der Waals surface area contributed by atoms with Gasteiger partial charge in [0.2, 0.25) is 0 Å². The van der Waals surface area contributed by atoms with Crippen LogP contribution in [0.5, 0.6) is 0 Å². The second-order valence-corrected chi connectivity index (χ2v) is 7.30. The van der Waals surface area contributed by atoms with E-state index in [1.165, 1.54) is 57.8 Å². The summed E-state index contributed by atoms with van der Waals surface area (Å²) in [4.78, 5) is 0. The first kappa shape index (κ1) is 19.0. The molecule has 0 amide bonds. The number of rotatable bonds is 12. The molecular formula is C19H40. The molecule has 0 radical (unpaired) electrons. The molecule has 19 heavy (non-hydrogen) atoms. The van der Waals surface area contributed by atoms with Gasteiger partial charge in [-0.15, -0.1) is 0 Å². The second-order valence-electron chi connectivity index (χ2n) is 7.30. The van der Waals surface area contributed by atoms with E-state index in [1.807, 2.05) is 0 Å². The summed E-state index contributed by atoms with van der Waals surface area (Å²) in [7, 11) is 0. The third kappa shape index (κ3) is 10.4. The van der Waals surface area contributed by atoms with Gasteiger partial charge in [-0.1, -0.05) is 99.3 Å². The quantitative estimate of drug-likeness (QED) is 0.354. The fourth-order valence-corrected chi connectivity index (χ4v) is 3.00. The molecule has 0 nitrogen and oxygen atoms in total. The first-order valence-corrected chi connectivity index (χ1v) is 9.01. The topological polar surface area (TPSA) is 0 Å². The zero-order chi connectivity index (χ0) is 14.7. The van der Waals surface area contributed by atoms with Gasteiger partial charge in [0.05, 0.1) is 0 Å². The minimum Gasteiger partial charge on any atom is -0.0654 e. The molecule has 0 saturated carbocycles. The van der Waals surface area contributed by atoms with Crippen molar-refractivity contribution in [2.75, 3.05) is 0 Å². The van der Waals surface area contributed by atoms with Crippen molar-refractivity contribution in [1.82, 2.24) is 0 Å². The van der Waals surface area contributed by atoms with Crippen molar-refractivity contribution in [1.29, 1.82) is 0 Å². The molecule has 0 aromatic heterocycles. The van der Waals surface area contributed by atoms with Crippen LogP contribution in [-0.4, -0.2) is 0 Å². The van der Waals surface area contributed by atoms with Crippen molar-refractivity contribution in [3.05, 3.63) is 0 Å². The predicted octanol–water partition coefficient (Wildman–Crippen LogP) is 7.08. The standard InChI is InChI=1S/C19H40/c1-7-9-11-19(10-8-2)15-14-18(6)17(5)13-12-16(3)4/h16-19H,7-15H2,1-6H3. The molecule has 116 valence electrons. The molecule has 0 bridgehead atoms. The van der Waals surface area contributed by atoms with E-state index in [2.05, 4.69) is 41.5 Å². The van der Waals surface area contributed by atoms with E-state index in [0.717, 1.165) is 23.7 Å². The Morgan fingerprint density at radius 1 is 0.579 bits per heavy atom. The Kier molecular flexibility index (Phi) is 11.8. The summed E-state index contributed by atoms with van der Waals surface area (Å²) in [5.74, 6) is 3.70. The maximum atomic E-state index is 2.48. The molecule has 3 atom stereocenters. The Labute approximate surface area is 123 Å².